The van der Waals surface area contributed by atoms with Crippen LogP contribution in [0.3, 0.4) is 0 Å². The van der Waals surface area contributed by atoms with Crippen molar-refractivity contribution in [3.8, 4) is 11.5 Å². The Bertz CT molecular complexity index is 572. The van der Waals surface area contributed by atoms with Gasteiger partial charge in [0.05, 0.1) is 10.9 Å². The molecule has 0 unspecified atom stereocenters. The lowest BCUT2D eigenvalue weighted by molar-refractivity contribution is 0.478. The molecule has 0 radical (unpaired) electrons. The zero-order valence-corrected chi connectivity index (χ0v) is 12.9. The summed E-state index contributed by atoms with van der Waals surface area (Å²) in [4.78, 5) is 0. The third kappa shape index (κ3) is 3.12. The summed E-state index contributed by atoms with van der Waals surface area (Å²) in [5, 5.41) is 0.844. The summed E-state index contributed by atoms with van der Waals surface area (Å²) < 4.78 is 6.67. The first-order chi connectivity index (χ1) is 8.61. The molecule has 1 nitrogen and oxygen atoms in total. The van der Waals surface area contributed by atoms with Crippen molar-refractivity contribution >= 4 is 50.7 Å². The molecular formula is C13H8BrCl3O. The first-order valence-electron chi connectivity index (χ1n) is 5.08. The van der Waals surface area contributed by atoms with Crippen LogP contribution in [-0.2, 0) is 5.88 Å². The molecule has 0 heterocycles. The number of hydrogen-bond donors (Lipinski definition) is 0. The zero-order valence-electron chi connectivity index (χ0n) is 9.09. The van der Waals surface area contributed by atoms with Crippen molar-refractivity contribution in [2.45, 2.75) is 5.88 Å². The Labute approximate surface area is 129 Å². The van der Waals surface area contributed by atoms with Crippen LogP contribution in [0.15, 0.2) is 40.9 Å². The minimum Gasteiger partial charge on any atom is -0.455 e. The molecule has 0 aliphatic heterocycles. The summed E-state index contributed by atoms with van der Waals surface area (Å²) in [5.41, 5.74) is 0.885. The summed E-state index contributed by atoms with van der Waals surface area (Å²) in [7, 11) is 0. The van der Waals surface area contributed by atoms with E-state index in [2.05, 4.69) is 15.9 Å². The van der Waals surface area contributed by atoms with Gasteiger partial charge in [-0.15, -0.1) is 11.6 Å². The van der Waals surface area contributed by atoms with Gasteiger partial charge in [0.2, 0.25) is 0 Å². The highest BCUT2D eigenvalue weighted by Crippen LogP contribution is 2.36. The Morgan fingerprint density at radius 3 is 2.56 bits per heavy atom. The van der Waals surface area contributed by atoms with E-state index in [1.807, 2.05) is 18.2 Å². The molecule has 0 fully saturated rings. The van der Waals surface area contributed by atoms with Crippen LogP contribution in [0.2, 0.25) is 10.0 Å². The summed E-state index contributed by atoms with van der Waals surface area (Å²) in [5.74, 6) is 1.53. The third-order valence-electron chi connectivity index (χ3n) is 2.31. The standard InChI is InChI=1S/C13H8BrCl3O/c14-9-5-4-8(7-15)12(6-9)18-11-3-1-2-10(16)13(11)17/h1-6H,7H2. The van der Waals surface area contributed by atoms with E-state index < -0.39 is 0 Å². The molecule has 0 aliphatic carbocycles. The van der Waals surface area contributed by atoms with Crippen molar-refractivity contribution < 1.29 is 4.74 Å². The van der Waals surface area contributed by atoms with E-state index in [-0.39, 0.29) is 0 Å². The van der Waals surface area contributed by atoms with Crippen LogP contribution in [0.25, 0.3) is 0 Å². The minimum absolute atomic E-state index is 0.362. The zero-order chi connectivity index (χ0) is 13.1. The molecule has 94 valence electrons. The number of benzene rings is 2. The Kier molecular flexibility index (Phi) is 4.79. The largest absolute Gasteiger partial charge is 0.455 e. The Morgan fingerprint density at radius 2 is 1.83 bits per heavy atom. The Hall–Kier alpha value is -0.410. The molecule has 2 aromatic carbocycles. The lowest BCUT2D eigenvalue weighted by atomic mass is 10.2. The highest BCUT2D eigenvalue weighted by molar-refractivity contribution is 9.10. The number of halogens is 4. The second-order valence-electron chi connectivity index (χ2n) is 3.54. The minimum atomic E-state index is 0.362. The molecule has 0 amide bonds. The van der Waals surface area contributed by atoms with E-state index in [1.54, 1.807) is 18.2 Å². The van der Waals surface area contributed by atoms with E-state index in [0.29, 0.717) is 27.4 Å². The van der Waals surface area contributed by atoms with Gasteiger partial charge in [0.15, 0.2) is 0 Å². The Balaban J connectivity index is 2.39. The lowest BCUT2D eigenvalue weighted by Crippen LogP contribution is -1.90. The number of alkyl halides is 1. The van der Waals surface area contributed by atoms with Crippen molar-refractivity contribution in [2.75, 3.05) is 0 Å². The fourth-order valence-corrected chi connectivity index (χ4v) is 2.31. The predicted octanol–water partition coefficient (Wildman–Crippen LogP) is 6.29. The van der Waals surface area contributed by atoms with Crippen molar-refractivity contribution in [2.24, 2.45) is 0 Å². The topological polar surface area (TPSA) is 9.23 Å². The first kappa shape index (κ1) is 14.0. The third-order valence-corrected chi connectivity index (χ3v) is 3.89. The van der Waals surface area contributed by atoms with Crippen molar-refractivity contribution in [3.05, 3.63) is 56.5 Å². The average molecular weight is 366 g/mol. The monoisotopic (exact) mass is 364 g/mol. The van der Waals surface area contributed by atoms with Crippen molar-refractivity contribution in [1.82, 2.24) is 0 Å². The van der Waals surface area contributed by atoms with E-state index in [0.717, 1.165) is 10.0 Å². The second-order valence-corrected chi connectivity index (χ2v) is 5.51. The summed E-state index contributed by atoms with van der Waals surface area (Å²) in [6.45, 7) is 0. The quantitative estimate of drug-likeness (QED) is 0.580. The maximum atomic E-state index is 6.08. The van der Waals surface area contributed by atoms with Crippen molar-refractivity contribution in [3.63, 3.8) is 0 Å². The predicted molar refractivity (Wildman–Crippen MR) is 80.2 cm³/mol. The maximum Gasteiger partial charge on any atom is 0.147 e. The van der Waals surface area contributed by atoms with Crippen LogP contribution >= 0.6 is 50.7 Å². The molecule has 0 bridgehead atoms. The van der Waals surface area contributed by atoms with Crippen LogP contribution in [0.4, 0.5) is 0 Å². The molecule has 0 saturated heterocycles. The van der Waals surface area contributed by atoms with Gasteiger partial charge in [-0.1, -0.05) is 51.3 Å². The highest BCUT2D eigenvalue weighted by Gasteiger charge is 2.10. The average Bonchev–Trinajstić information content (AvgIpc) is 2.35. The van der Waals surface area contributed by atoms with Gasteiger partial charge in [-0.2, -0.15) is 0 Å². The summed E-state index contributed by atoms with van der Waals surface area (Å²) in [6.07, 6.45) is 0. The normalized spacial score (nSPS) is 10.4. The molecule has 0 saturated carbocycles. The van der Waals surface area contributed by atoms with E-state index in [4.69, 9.17) is 39.5 Å². The fraction of sp³-hybridized carbons (Fsp3) is 0.0769. The molecule has 0 aliphatic rings. The lowest BCUT2D eigenvalue weighted by Gasteiger charge is -2.11. The van der Waals surface area contributed by atoms with Gasteiger partial charge in [-0.25, -0.2) is 0 Å². The molecule has 0 aromatic heterocycles. The van der Waals surface area contributed by atoms with Gasteiger partial charge in [-0.3, -0.25) is 0 Å². The van der Waals surface area contributed by atoms with E-state index in [9.17, 15) is 0 Å². The molecule has 5 heteroatoms. The smallest absolute Gasteiger partial charge is 0.147 e. The first-order valence-corrected chi connectivity index (χ1v) is 7.16. The molecule has 2 rings (SSSR count). The van der Waals surface area contributed by atoms with Gasteiger partial charge < -0.3 is 4.74 Å². The molecule has 0 spiro atoms. The van der Waals surface area contributed by atoms with Crippen LogP contribution in [0.1, 0.15) is 5.56 Å². The maximum absolute atomic E-state index is 6.08. The van der Waals surface area contributed by atoms with Gasteiger partial charge in [0.25, 0.3) is 0 Å². The van der Waals surface area contributed by atoms with E-state index in [1.165, 1.54) is 0 Å². The van der Waals surface area contributed by atoms with Crippen LogP contribution in [-0.4, -0.2) is 0 Å². The number of hydrogen-bond acceptors (Lipinski definition) is 1. The van der Waals surface area contributed by atoms with Crippen LogP contribution < -0.4 is 4.74 Å². The van der Waals surface area contributed by atoms with E-state index >= 15 is 0 Å². The fourth-order valence-electron chi connectivity index (χ4n) is 1.42. The molecule has 0 atom stereocenters. The van der Waals surface area contributed by atoms with Crippen molar-refractivity contribution in [1.29, 1.82) is 0 Å². The highest BCUT2D eigenvalue weighted by atomic mass is 79.9. The number of ether oxygens (including phenoxy) is 1. The van der Waals surface area contributed by atoms with Gasteiger partial charge in [0, 0.05) is 10.0 Å². The molecular weight excluding hydrogens is 358 g/mol. The Morgan fingerprint density at radius 1 is 1.06 bits per heavy atom. The van der Waals surface area contributed by atoms with Gasteiger partial charge >= 0.3 is 0 Å². The van der Waals surface area contributed by atoms with Gasteiger partial charge in [-0.05, 0) is 24.3 Å². The summed E-state index contributed by atoms with van der Waals surface area (Å²) in [6, 6.07) is 10.9. The van der Waals surface area contributed by atoms with Crippen LogP contribution in [0, 0.1) is 0 Å². The van der Waals surface area contributed by atoms with Crippen LogP contribution in [0.5, 0.6) is 11.5 Å². The number of rotatable bonds is 3. The SMILES string of the molecule is ClCc1ccc(Br)cc1Oc1cccc(Cl)c1Cl. The summed E-state index contributed by atoms with van der Waals surface area (Å²) >= 11 is 21.3. The van der Waals surface area contributed by atoms with Gasteiger partial charge in [0.1, 0.15) is 16.5 Å². The molecule has 2 aromatic rings. The molecule has 18 heavy (non-hydrogen) atoms. The molecule has 0 N–H and O–H groups in total. The second kappa shape index (κ2) is 6.16.